The Morgan fingerprint density at radius 3 is 2.67 bits per heavy atom. The van der Waals surface area contributed by atoms with Crippen molar-refractivity contribution in [2.75, 3.05) is 47.3 Å². The predicted octanol–water partition coefficient (Wildman–Crippen LogP) is 3.00. The second kappa shape index (κ2) is 7.64. The van der Waals surface area contributed by atoms with Crippen LogP contribution in [0.5, 0.6) is 0 Å². The molecule has 0 spiro atoms. The molecule has 1 saturated heterocycles. The lowest BCUT2D eigenvalue weighted by atomic mass is 10.0. The van der Waals surface area contributed by atoms with Crippen LogP contribution in [0.25, 0.3) is 10.1 Å². The number of nitrogens with zero attached hydrogens (tertiary/aromatic N) is 3. The quantitative estimate of drug-likeness (QED) is 0.833. The molecule has 2 heterocycles. The summed E-state index contributed by atoms with van der Waals surface area (Å²) in [7, 11) is 6.29. The molecule has 1 fully saturated rings. The van der Waals surface area contributed by atoms with Gasteiger partial charge in [0.15, 0.2) is 0 Å². The maximum atomic E-state index is 13.2. The van der Waals surface area contributed by atoms with E-state index in [4.69, 9.17) is 0 Å². The number of carbonyl (C=O) groups excluding carboxylic acids is 1. The molecule has 0 unspecified atom stereocenters. The Morgan fingerprint density at radius 1 is 1.21 bits per heavy atom. The molecule has 3 rings (SSSR count). The van der Waals surface area contributed by atoms with Crippen LogP contribution in [0.3, 0.4) is 0 Å². The zero-order chi connectivity index (χ0) is 17.1. The number of likely N-dealkylation sites (tertiary alicyclic amines) is 1. The summed E-state index contributed by atoms with van der Waals surface area (Å²) in [5.74, 6) is 0.180. The molecule has 0 radical (unpaired) electrons. The third kappa shape index (κ3) is 3.97. The average molecular weight is 346 g/mol. The minimum atomic E-state index is 0.180. The van der Waals surface area contributed by atoms with Crippen LogP contribution in [0.1, 0.15) is 23.2 Å². The highest BCUT2D eigenvalue weighted by Gasteiger charge is 2.27. The number of fused-ring (bicyclic) bond motifs is 1. The lowest BCUT2D eigenvalue weighted by Gasteiger charge is -2.38. The maximum Gasteiger partial charge on any atom is 0.254 e. The Kier molecular flexibility index (Phi) is 5.54. The first kappa shape index (κ1) is 17.4. The SMILES string of the molecule is CN(C)CCN(C(=O)c1ccc2sccc2c1)C1CCN(C)CC1. The number of piperidine rings is 1. The second-order valence-corrected chi connectivity index (χ2v) is 7.96. The van der Waals surface area contributed by atoms with Crippen LogP contribution in [0, 0.1) is 0 Å². The lowest BCUT2D eigenvalue weighted by molar-refractivity contribution is 0.0575. The Morgan fingerprint density at radius 2 is 1.96 bits per heavy atom. The van der Waals surface area contributed by atoms with E-state index >= 15 is 0 Å². The van der Waals surface area contributed by atoms with Crippen LogP contribution >= 0.6 is 11.3 Å². The van der Waals surface area contributed by atoms with Crippen molar-refractivity contribution in [3.8, 4) is 0 Å². The van der Waals surface area contributed by atoms with Crippen molar-refractivity contribution in [2.24, 2.45) is 0 Å². The minimum Gasteiger partial charge on any atom is -0.334 e. The highest BCUT2D eigenvalue weighted by Crippen LogP contribution is 2.24. The smallest absolute Gasteiger partial charge is 0.254 e. The van der Waals surface area contributed by atoms with E-state index in [1.807, 2.05) is 12.1 Å². The van der Waals surface area contributed by atoms with Crippen LogP contribution in [0.4, 0.5) is 0 Å². The van der Waals surface area contributed by atoms with E-state index in [0.717, 1.165) is 44.6 Å². The normalized spacial score (nSPS) is 16.8. The molecule has 0 atom stereocenters. The highest BCUT2D eigenvalue weighted by molar-refractivity contribution is 7.17. The number of hydrogen-bond donors (Lipinski definition) is 0. The van der Waals surface area contributed by atoms with Crippen molar-refractivity contribution >= 4 is 27.3 Å². The minimum absolute atomic E-state index is 0.180. The lowest BCUT2D eigenvalue weighted by Crippen LogP contribution is -2.48. The molecule has 0 N–H and O–H groups in total. The standard InChI is InChI=1S/C19H27N3OS/c1-20(2)11-12-22(17-6-9-21(3)10-7-17)19(23)16-4-5-18-15(14-16)8-13-24-18/h4-5,8,13-14,17H,6-7,9-12H2,1-3H3. The Balaban J connectivity index is 1.81. The number of rotatable bonds is 5. The molecule has 1 amide bonds. The van der Waals surface area contributed by atoms with Gasteiger partial charge in [0.2, 0.25) is 0 Å². The predicted molar refractivity (Wildman–Crippen MR) is 102 cm³/mol. The van der Waals surface area contributed by atoms with Crippen molar-refractivity contribution in [3.05, 3.63) is 35.2 Å². The van der Waals surface area contributed by atoms with E-state index < -0.39 is 0 Å². The van der Waals surface area contributed by atoms with Crippen LogP contribution in [-0.2, 0) is 0 Å². The number of carbonyl (C=O) groups is 1. The molecule has 2 aromatic rings. The number of benzene rings is 1. The van der Waals surface area contributed by atoms with Gasteiger partial charge in [-0.15, -0.1) is 11.3 Å². The molecule has 5 heteroatoms. The van der Waals surface area contributed by atoms with Gasteiger partial charge >= 0.3 is 0 Å². The van der Waals surface area contributed by atoms with Crippen molar-refractivity contribution in [2.45, 2.75) is 18.9 Å². The summed E-state index contributed by atoms with van der Waals surface area (Å²) < 4.78 is 1.24. The molecule has 0 aliphatic carbocycles. The van der Waals surface area contributed by atoms with Crippen molar-refractivity contribution in [1.29, 1.82) is 0 Å². The zero-order valence-corrected chi connectivity index (χ0v) is 15.7. The summed E-state index contributed by atoms with van der Waals surface area (Å²) in [4.78, 5) is 19.8. The summed E-state index contributed by atoms with van der Waals surface area (Å²) in [5, 5.41) is 3.25. The third-order valence-electron chi connectivity index (χ3n) is 4.88. The van der Waals surface area contributed by atoms with Crippen LogP contribution in [-0.4, -0.2) is 74.0 Å². The van der Waals surface area contributed by atoms with Gasteiger partial charge in [0, 0.05) is 29.4 Å². The molecular weight excluding hydrogens is 318 g/mol. The zero-order valence-electron chi connectivity index (χ0n) is 14.9. The van der Waals surface area contributed by atoms with Gasteiger partial charge in [0.1, 0.15) is 0 Å². The molecule has 4 nitrogen and oxygen atoms in total. The topological polar surface area (TPSA) is 26.8 Å². The summed E-state index contributed by atoms with van der Waals surface area (Å²) in [6, 6.07) is 8.55. The van der Waals surface area contributed by atoms with Gasteiger partial charge in [-0.05, 0) is 82.1 Å². The summed E-state index contributed by atoms with van der Waals surface area (Å²) in [5.41, 5.74) is 0.818. The van der Waals surface area contributed by atoms with Gasteiger partial charge < -0.3 is 14.7 Å². The summed E-state index contributed by atoms with van der Waals surface area (Å²) in [6.45, 7) is 3.83. The van der Waals surface area contributed by atoms with E-state index in [1.54, 1.807) is 11.3 Å². The molecule has 24 heavy (non-hydrogen) atoms. The molecule has 1 aliphatic rings. The fraction of sp³-hybridized carbons (Fsp3) is 0.526. The Bertz CT molecular complexity index is 689. The Labute approximate surface area is 148 Å². The van der Waals surface area contributed by atoms with E-state index in [-0.39, 0.29) is 5.91 Å². The van der Waals surface area contributed by atoms with Gasteiger partial charge in [0.05, 0.1) is 0 Å². The van der Waals surface area contributed by atoms with Gasteiger partial charge in [-0.25, -0.2) is 0 Å². The van der Waals surface area contributed by atoms with E-state index in [2.05, 4.69) is 53.4 Å². The van der Waals surface area contributed by atoms with Crippen molar-refractivity contribution in [3.63, 3.8) is 0 Å². The van der Waals surface area contributed by atoms with Gasteiger partial charge in [-0.1, -0.05) is 0 Å². The summed E-state index contributed by atoms with van der Waals surface area (Å²) >= 11 is 1.72. The molecule has 1 aromatic carbocycles. The average Bonchev–Trinajstić information content (AvgIpc) is 3.03. The second-order valence-electron chi connectivity index (χ2n) is 7.01. The molecule has 0 saturated carbocycles. The fourth-order valence-corrected chi connectivity index (χ4v) is 4.10. The van der Waals surface area contributed by atoms with Crippen molar-refractivity contribution < 1.29 is 4.79 Å². The van der Waals surface area contributed by atoms with Crippen molar-refractivity contribution in [1.82, 2.24) is 14.7 Å². The number of hydrogen-bond acceptors (Lipinski definition) is 4. The molecule has 0 bridgehead atoms. The van der Waals surface area contributed by atoms with Gasteiger partial charge in [-0.2, -0.15) is 0 Å². The highest BCUT2D eigenvalue weighted by atomic mass is 32.1. The van der Waals surface area contributed by atoms with E-state index in [1.165, 1.54) is 10.1 Å². The van der Waals surface area contributed by atoms with Gasteiger partial charge in [-0.3, -0.25) is 4.79 Å². The van der Waals surface area contributed by atoms with E-state index in [0.29, 0.717) is 6.04 Å². The fourth-order valence-electron chi connectivity index (χ4n) is 3.33. The molecule has 1 aliphatic heterocycles. The first-order valence-corrected chi connectivity index (χ1v) is 9.54. The number of amides is 1. The number of thiophene rings is 1. The largest absolute Gasteiger partial charge is 0.334 e. The monoisotopic (exact) mass is 345 g/mol. The van der Waals surface area contributed by atoms with Crippen LogP contribution in [0.15, 0.2) is 29.6 Å². The number of likely N-dealkylation sites (N-methyl/N-ethyl adjacent to an activating group) is 1. The molecule has 130 valence electrons. The van der Waals surface area contributed by atoms with Gasteiger partial charge in [0.25, 0.3) is 5.91 Å². The first-order chi connectivity index (χ1) is 11.5. The van der Waals surface area contributed by atoms with Crippen LogP contribution < -0.4 is 0 Å². The molecule has 1 aromatic heterocycles. The van der Waals surface area contributed by atoms with Crippen LogP contribution in [0.2, 0.25) is 0 Å². The Hall–Kier alpha value is -1.43. The third-order valence-corrected chi connectivity index (χ3v) is 5.78. The maximum absolute atomic E-state index is 13.2. The first-order valence-electron chi connectivity index (χ1n) is 8.66. The van der Waals surface area contributed by atoms with E-state index in [9.17, 15) is 4.79 Å². The molecular formula is C19H27N3OS. The summed E-state index contributed by atoms with van der Waals surface area (Å²) in [6.07, 6.45) is 2.13.